The number of hydrogen-bond donors (Lipinski definition) is 2. The summed E-state index contributed by atoms with van der Waals surface area (Å²) in [5.74, 6) is 0.626. The number of nitrogens with zero attached hydrogens (tertiary/aromatic N) is 3. The molecule has 0 saturated carbocycles. The number of benzene rings is 1. The minimum atomic E-state index is -4.31. The molecule has 3 aromatic rings. The van der Waals surface area contributed by atoms with E-state index in [-0.39, 0.29) is 6.61 Å². The van der Waals surface area contributed by atoms with Gasteiger partial charge in [0.05, 0.1) is 18.8 Å². The molecule has 2 N–H and O–H groups in total. The second kappa shape index (κ2) is 9.62. The smallest absolute Gasteiger partial charge is 0.367 e. The lowest BCUT2D eigenvalue weighted by Crippen LogP contribution is -2.36. The summed E-state index contributed by atoms with van der Waals surface area (Å²) in [6.45, 7) is 1.75. The van der Waals surface area contributed by atoms with E-state index < -0.39 is 12.8 Å². The van der Waals surface area contributed by atoms with Crippen LogP contribution in [0, 0.1) is 6.92 Å². The van der Waals surface area contributed by atoms with Crippen LogP contribution in [-0.2, 0) is 24.4 Å². The summed E-state index contributed by atoms with van der Waals surface area (Å²) in [6, 6.07) is 13.2. The van der Waals surface area contributed by atoms with Crippen molar-refractivity contribution in [2.75, 3.05) is 13.7 Å². The maximum Gasteiger partial charge on any atom is 0.411 e. The normalized spacial score (nSPS) is 12.4. The van der Waals surface area contributed by atoms with Crippen molar-refractivity contribution in [3.63, 3.8) is 0 Å². The number of aromatic nitrogens is 2. The summed E-state index contributed by atoms with van der Waals surface area (Å²) in [7, 11) is 1.68. The van der Waals surface area contributed by atoms with Gasteiger partial charge in [0.25, 0.3) is 0 Å². The monoisotopic (exact) mass is 419 g/mol. The lowest BCUT2D eigenvalue weighted by Gasteiger charge is -2.12. The van der Waals surface area contributed by atoms with Crippen LogP contribution in [0.2, 0.25) is 0 Å². The Kier molecular flexibility index (Phi) is 6.94. The summed E-state index contributed by atoms with van der Waals surface area (Å²) in [4.78, 5) is 8.79. The lowest BCUT2D eigenvalue weighted by atomic mass is 10.1. The van der Waals surface area contributed by atoms with E-state index in [4.69, 9.17) is 0 Å². The summed E-state index contributed by atoms with van der Waals surface area (Å²) in [5, 5.41) is 6.43. The van der Waals surface area contributed by atoms with Crippen LogP contribution in [0.3, 0.4) is 0 Å². The maximum absolute atomic E-state index is 12.1. The predicted molar refractivity (Wildman–Crippen MR) is 109 cm³/mol. The number of imidazole rings is 1. The van der Waals surface area contributed by atoms with Crippen LogP contribution < -0.4 is 10.6 Å². The first kappa shape index (κ1) is 21.6. The molecule has 3 rings (SSSR count). The van der Waals surface area contributed by atoms with Crippen molar-refractivity contribution in [1.29, 1.82) is 0 Å². The predicted octanol–water partition coefficient (Wildman–Crippen LogP) is 3.59. The van der Waals surface area contributed by atoms with Crippen molar-refractivity contribution in [2.45, 2.75) is 32.8 Å². The number of aryl methyl sites for hydroxylation is 1. The van der Waals surface area contributed by atoms with E-state index >= 15 is 0 Å². The molecular weight excluding hydrogens is 395 g/mol. The number of hydrogen-bond acceptors (Lipinski definition) is 3. The number of alkyl halides is 3. The van der Waals surface area contributed by atoms with Crippen LogP contribution in [0.15, 0.2) is 53.7 Å². The van der Waals surface area contributed by atoms with Crippen LogP contribution >= 0.6 is 0 Å². The Morgan fingerprint density at radius 3 is 2.43 bits per heavy atom. The van der Waals surface area contributed by atoms with Gasteiger partial charge in [-0.15, -0.1) is 0 Å². The first-order valence-electron chi connectivity index (χ1n) is 9.44. The molecule has 2 aromatic heterocycles. The average Bonchev–Trinajstić information content (AvgIpc) is 3.13. The molecule has 160 valence electrons. The molecule has 9 heteroatoms. The van der Waals surface area contributed by atoms with Gasteiger partial charge in [-0.05, 0) is 30.2 Å². The second-order valence-corrected chi connectivity index (χ2v) is 6.83. The fourth-order valence-corrected chi connectivity index (χ4v) is 2.90. The van der Waals surface area contributed by atoms with E-state index in [0.717, 1.165) is 22.6 Å². The summed E-state index contributed by atoms with van der Waals surface area (Å²) in [5.41, 5.74) is 4.57. The second-order valence-electron chi connectivity index (χ2n) is 6.83. The first-order valence-corrected chi connectivity index (χ1v) is 9.44. The Balaban J connectivity index is 1.47. The molecule has 2 heterocycles. The fourth-order valence-electron chi connectivity index (χ4n) is 2.90. The van der Waals surface area contributed by atoms with Crippen LogP contribution in [0.5, 0.6) is 0 Å². The van der Waals surface area contributed by atoms with Gasteiger partial charge >= 0.3 is 6.18 Å². The molecule has 0 amide bonds. The standard InChI is InChI=1S/C21H24F3N5O/c1-15-4-3-5-19-28-18(12-29(15)19)11-27-20(25-2)26-10-16-6-8-17(9-7-16)13-30-14-21(22,23)24/h3-9,12H,10-11,13-14H2,1-2H3,(H2,25,26,27). The van der Waals surface area contributed by atoms with Gasteiger partial charge < -0.3 is 19.8 Å². The van der Waals surface area contributed by atoms with Gasteiger partial charge in [-0.2, -0.15) is 13.2 Å². The molecule has 0 aliphatic carbocycles. The number of aliphatic imine (C=N–C) groups is 1. The van der Waals surface area contributed by atoms with Gasteiger partial charge in [0.2, 0.25) is 0 Å². The molecule has 0 radical (unpaired) electrons. The highest BCUT2D eigenvalue weighted by Crippen LogP contribution is 2.16. The molecule has 0 aliphatic heterocycles. The zero-order valence-corrected chi connectivity index (χ0v) is 16.8. The van der Waals surface area contributed by atoms with E-state index in [0.29, 0.717) is 24.6 Å². The van der Waals surface area contributed by atoms with Crippen molar-refractivity contribution in [1.82, 2.24) is 20.0 Å². The lowest BCUT2D eigenvalue weighted by molar-refractivity contribution is -0.176. The topological polar surface area (TPSA) is 63.0 Å². The van der Waals surface area contributed by atoms with Crippen LogP contribution in [0.4, 0.5) is 13.2 Å². The summed E-state index contributed by atoms with van der Waals surface area (Å²) in [6.07, 6.45) is -2.32. The highest BCUT2D eigenvalue weighted by molar-refractivity contribution is 5.79. The van der Waals surface area contributed by atoms with Gasteiger partial charge in [0.15, 0.2) is 5.96 Å². The van der Waals surface area contributed by atoms with Crippen molar-refractivity contribution in [3.05, 3.63) is 71.2 Å². The number of rotatable bonds is 7. The minimum Gasteiger partial charge on any atom is -0.367 e. The highest BCUT2D eigenvalue weighted by Gasteiger charge is 2.27. The van der Waals surface area contributed by atoms with E-state index in [2.05, 4.69) is 25.3 Å². The molecule has 0 atom stereocenters. The molecule has 0 aliphatic rings. The van der Waals surface area contributed by atoms with Crippen molar-refractivity contribution < 1.29 is 17.9 Å². The molecule has 0 saturated heterocycles. The molecule has 6 nitrogen and oxygen atoms in total. The summed E-state index contributed by atoms with van der Waals surface area (Å²) >= 11 is 0. The highest BCUT2D eigenvalue weighted by atomic mass is 19.4. The van der Waals surface area contributed by atoms with Crippen LogP contribution in [-0.4, -0.2) is 35.2 Å². The Morgan fingerprint density at radius 1 is 1.07 bits per heavy atom. The molecule has 30 heavy (non-hydrogen) atoms. The third-order valence-electron chi connectivity index (χ3n) is 4.42. The number of nitrogens with one attached hydrogen (secondary N) is 2. The van der Waals surface area contributed by atoms with Gasteiger partial charge in [0.1, 0.15) is 12.3 Å². The number of ether oxygens (including phenoxy) is 1. The molecule has 0 spiro atoms. The molecule has 0 fully saturated rings. The minimum absolute atomic E-state index is 0.0745. The van der Waals surface area contributed by atoms with Crippen molar-refractivity contribution in [3.8, 4) is 0 Å². The average molecular weight is 419 g/mol. The number of fused-ring (bicyclic) bond motifs is 1. The SMILES string of the molecule is CN=C(NCc1ccc(COCC(F)(F)F)cc1)NCc1cn2c(C)cccc2n1. The summed E-state index contributed by atoms with van der Waals surface area (Å²) < 4.78 is 43.1. The molecule has 0 unspecified atom stereocenters. The zero-order chi connectivity index (χ0) is 21.6. The molecule has 0 bridgehead atoms. The first-order chi connectivity index (χ1) is 14.3. The fraction of sp³-hybridized carbons (Fsp3) is 0.333. The largest absolute Gasteiger partial charge is 0.411 e. The number of halogens is 3. The Morgan fingerprint density at radius 2 is 1.77 bits per heavy atom. The van der Waals surface area contributed by atoms with E-state index in [9.17, 15) is 13.2 Å². The Labute approximate surface area is 172 Å². The van der Waals surface area contributed by atoms with Crippen molar-refractivity contribution >= 4 is 11.6 Å². The molecule has 1 aromatic carbocycles. The van der Waals surface area contributed by atoms with Crippen LogP contribution in [0.1, 0.15) is 22.5 Å². The van der Waals surface area contributed by atoms with E-state index in [1.54, 1.807) is 19.2 Å². The Hall–Kier alpha value is -3.07. The quantitative estimate of drug-likeness (QED) is 0.454. The van der Waals surface area contributed by atoms with Gasteiger partial charge in [-0.25, -0.2) is 4.98 Å². The number of pyridine rings is 1. The van der Waals surface area contributed by atoms with Crippen molar-refractivity contribution in [2.24, 2.45) is 4.99 Å². The van der Waals surface area contributed by atoms with E-state index in [1.165, 1.54) is 0 Å². The Bertz CT molecular complexity index is 996. The number of guanidine groups is 1. The zero-order valence-electron chi connectivity index (χ0n) is 16.8. The molecular formula is C21H24F3N5O. The van der Waals surface area contributed by atoms with E-state index in [1.807, 2.05) is 47.9 Å². The van der Waals surface area contributed by atoms with Gasteiger partial charge in [-0.1, -0.05) is 30.3 Å². The third kappa shape index (κ3) is 6.21. The van der Waals surface area contributed by atoms with Gasteiger partial charge in [-0.3, -0.25) is 4.99 Å². The van der Waals surface area contributed by atoms with Crippen LogP contribution in [0.25, 0.3) is 5.65 Å². The van der Waals surface area contributed by atoms with Gasteiger partial charge in [0, 0.05) is 25.5 Å². The maximum atomic E-state index is 12.1. The third-order valence-corrected chi connectivity index (χ3v) is 4.42.